The van der Waals surface area contributed by atoms with E-state index in [0.717, 1.165) is 19.5 Å². The molecule has 0 aliphatic carbocycles. The molecule has 0 saturated carbocycles. The SMILES string of the molecule is O=C(NCC1=CCNCC1)c1nn(-c2ccc(F)cc2)cc1Br. The molecular formula is C16H16BrFN4O. The summed E-state index contributed by atoms with van der Waals surface area (Å²) in [6, 6.07) is 5.93. The van der Waals surface area contributed by atoms with Gasteiger partial charge in [0.1, 0.15) is 5.82 Å². The number of carbonyl (C=O) groups excluding carboxylic acids is 1. The molecule has 0 unspecified atom stereocenters. The van der Waals surface area contributed by atoms with Gasteiger partial charge in [0, 0.05) is 19.3 Å². The Labute approximate surface area is 141 Å². The molecule has 0 bridgehead atoms. The van der Waals surface area contributed by atoms with Crippen LogP contribution in [-0.4, -0.2) is 35.3 Å². The Morgan fingerprint density at radius 2 is 2.17 bits per heavy atom. The highest BCUT2D eigenvalue weighted by molar-refractivity contribution is 9.10. The number of benzene rings is 1. The van der Waals surface area contributed by atoms with Crippen LogP contribution in [0.3, 0.4) is 0 Å². The first-order chi connectivity index (χ1) is 11.1. The number of nitrogens with one attached hydrogen (secondary N) is 2. The standard InChI is InChI=1S/C16H16BrFN4O/c17-14-10-22(13-3-1-12(18)2-4-13)21-15(14)16(23)20-9-11-5-7-19-8-6-11/h1-5,10,19H,6-9H2,(H,20,23). The summed E-state index contributed by atoms with van der Waals surface area (Å²) < 4.78 is 15.1. The summed E-state index contributed by atoms with van der Waals surface area (Å²) in [6.07, 6.45) is 4.72. The minimum atomic E-state index is -0.312. The lowest BCUT2D eigenvalue weighted by Gasteiger charge is -2.14. The van der Waals surface area contributed by atoms with Gasteiger partial charge in [-0.2, -0.15) is 5.10 Å². The van der Waals surface area contributed by atoms with Crippen LogP contribution in [0, 0.1) is 5.82 Å². The zero-order valence-corrected chi connectivity index (χ0v) is 13.9. The highest BCUT2D eigenvalue weighted by Gasteiger charge is 2.16. The molecule has 1 aliphatic heterocycles. The van der Waals surface area contributed by atoms with Crippen molar-refractivity contribution in [3.8, 4) is 5.69 Å². The van der Waals surface area contributed by atoms with E-state index < -0.39 is 0 Å². The third-order valence-corrected chi connectivity index (χ3v) is 4.19. The lowest BCUT2D eigenvalue weighted by atomic mass is 10.1. The predicted molar refractivity (Wildman–Crippen MR) is 89.1 cm³/mol. The van der Waals surface area contributed by atoms with Gasteiger partial charge in [-0.3, -0.25) is 4.79 Å². The largest absolute Gasteiger partial charge is 0.347 e. The first kappa shape index (κ1) is 15.9. The summed E-state index contributed by atoms with van der Waals surface area (Å²) in [5.41, 5.74) is 2.21. The Morgan fingerprint density at radius 1 is 1.39 bits per heavy atom. The molecule has 2 aromatic rings. The number of amides is 1. The van der Waals surface area contributed by atoms with Crippen molar-refractivity contribution in [1.29, 1.82) is 0 Å². The van der Waals surface area contributed by atoms with Gasteiger partial charge in [0.2, 0.25) is 0 Å². The van der Waals surface area contributed by atoms with Crippen molar-refractivity contribution in [2.75, 3.05) is 19.6 Å². The maximum absolute atomic E-state index is 13.0. The monoisotopic (exact) mass is 378 g/mol. The van der Waals surface area contributed by atoms with Gasteiger partial charge in [-0.15, -0.1) is 0 Å². The quantitative estimate of drug-likeness (QED) is 0.803. The molecule has 3 rings (SSSR count). The number of hydrogen-bond acceptors (Lipinski definition) is 3. The van der Waals surface area contributed by atoms with Gasteiger partial charge in [-0.1, -0.05) is 11.6 Å². The van der Waals surface area contributed by atoms with E-state index in [1.54, 1.807) is 23.0 Å². The van der Waals surface area contributed by atoms with Gasteiger partial charge in [-0.25, -0.2) is 9.07 Å². The summed E-state index contributed by atoms with van der Waals surface area (Å²) >= 11 is 3.35. The Kier molecular flexibility index (Phi) is 4.88. The topological polar surface area (TPSA) is 59.0 Å². The van der Waals surface area contributed by atoms with Gasteiger partial charge in [0.15, 0.2) is 5.69 Å². The lowest BCUT2D eigenvalue weighted by Crippen LogP contribution is -2.30. The minimum Gasteiger partial charge on any atom is -0.347 e. The molecule has 7 heteroatoms. The highest BCUT2D eigenvalue weighted by Crippen LogP contribution is 2.18. The van der Waals surface area contributed by atoms with Crippen LogP contribution in [0.25, 0.3) is 5.69 Å². The van der Waals surface area contributed by atoms with E-state index in [-0.39, 0.29) is 11.7 Å². The fourth-order valence-electron chi connectivity index (χ4n) is 2.34. The summed E-state index contributed by atoms with van der Waals surface area (Å²) in [6.45, 7) is 2.30. The molecule has 120 valence electrons. The van der Waals surface area contributed by atoms with Crippen LogP contribution in [0.5, 0.6) is 0 Å². The van der Waals surface area contributed by atoms with Gasteiger partial charge >= 0.3 is 0 Å². The van der Waals surface area contributed by atoms with Crippen LogP contribution in [0.4, 0.5) is 4.39 Å². The van der Waals surface area contributed by atoms with E-state index in [4.69, 9.17) is 0 Å². The number of rotatable bonds is 4. The molecule has 0 radical (unpaired) electrons. The van der Waals surface area contributed by atoms with E-state index in [0.29, 0.717) is 22.4 Å². The molecule has 0 fully saturated rings. The van der Waals surface area contributed by atoms with E-state index in [1.807, 2.05) is 0 Å². The third kappa shape index (κ3) is 3.86. The van der Waals surface area contributed by atoms with E-state index in [9.17, 15) is 9.18 Å². The molecular weight excluding hydrogens is 363 g/mol. The molecule has 0 atom stereocenters. The van der Waals surface area contributed by atoms with Crippen LogP contribution in [0.2, 0.25) is 0 Å². The van der Waals surface area contributed by atoms with Crippen molar-refractivity contribution in [3.63, 3.8) is 0 Å². The Morgan fingerprint density at radius 3 is 2.87 bits per heavy atom. The van der Waals surface area contributed by atoms with Crippen molar-refractivity contribution in [2.24, 2.45) is 0 Å². The second kappa shape index (κ2) is 7.06. The molecule has 1 amide bonds. The van der Waals surface area contributed by atoms with E-state index in [1.165, 1.54) is 17.7 Å². The molecule has 2 N–H and O–H groups in total. The Hall–Kier alpha value is -1.99. The molecule has 1 aromatic carbocycles. The average Bonchev–Trinajstić information content (AvgIpc) is 2.96. The first-order valence-electron chi connectivity index (χ1n) is 7.31. The van der Waals surface area contributed by atoms with E-state index in [2.05, 4.69) is 37.7 Å². The second-order valence-corrected chi connectivity index (χ2v) is 6.10. The number of nitrogens with zero attached hydrogens (tertiary/aromatic N) is 2. The predicted octanol–water partition coefficient (Wildman–Crippen LogP) is 2.42. The second-order valence-electron chi connectivity index (χ2n) is 5.25. The minimum absolute atomic E-state index is 0.239. The number of aromatic nitrogens is 2. The molecule has 5 nitrogen and oxygen atoms in total. The molecule has 1 aromatic heterocycles. The van der Waals surface area contributed by atoms with Crippen LogP contribution in [0.1, 0.15) is 16.9 Å². The normalized spacial score (nSPS) is 14.4. The van der Waals surface area contributed by atoms with Crippen LogP contribution < -0.4 is 10.6 Å². The van der Waals surface area contributed by atoms with E-state index >= 15 is 0 Å². The average molecular weight is 379 g/mol. The molecule has 2 heterocycles. The lowest BCUT2D eigenvalue weighted by molar-refractivity contribution is 0.0950. The summed E-state index contributed by atoms with van der Waals surface area (Å²) in [5.74, 6) is -0.551. The third-order valence-electron chi connectivity index (χ3n) is 3.61. The van der Waals surface area contributed by atoms with Crippen molar-refractivity contribution in [3.05, 3.63) is 58.1 Å². The van der Waals surface area contributed by atoms with Crippen LogP contribution >= 0.6 is 15.9 Å². The van der Waals surface area contributed by atoms with Crippen molar-refractivity contribution >= 4 is 21.8 Å². The zero-order chi connectivity index (χ0) is 16.2. The van der Waals surface area contributed by atoms with Gasteiger partial charge in [0.25, 0.3) is 5.91 Å². The van der Waals surface area contributed by atoms with Gasteiger partial charge in [0.05, 0.1) is 10.2 Å². The molecule has 1 aliphatic rings. The van der Waals surface area contributed by atoms with Gasteiger partial charge < -0.3 is 10.6 Å². The fraction of sp³-hybridized carbons (Fsp3) is 0.250. The maximum atomic E-state index is 13.0. The molecule has 23 heavy (non-hydrogen) atoms. The van der Waals surface area contributed by atoms with Crippen LogP contribution in [-0.2, 0) is 0 Å². The number of carbonyl (C=O) groups is 1. The van der Waals surface area contributed by atoms with Crippen molar-refractivity contribution < 1.29 is 9.18 Å². The summed E-state index contributed by atoms with van der Waals surface area (Å²) in [5, 5.41) is 10.4. The Bertz CT molecular complexity index is 739. The van der Waals surface area contributed by atoms with Crippen molar-refractivity contribution in [1.82, 2.24) is 20.4 Å². The van der Waals surface area contributed by atoms with Crippen LogP contribution in [0.15, 0.2) is 46.6 Å². The summed E-state index contributed by atoms with van der Waals surface area (Å²) in [7, 11) is 0. The number of halogens is 2. The number of hydrogen-bond donors (Lipinski definition) is 2. The molecule has 0 saturated heterocycles. The summed E-state index contributed by atoms with van der Waals surface area (Å²) in [4.78, 5) is 12.3. The van der Waals surface area contributed by atoms with Gasteiger partial charge in [-0.05, 0) is 53.2 Å². The van der Waals surface area contributed by atoms with Crippen molar-refractivity contribution in [2.45, 2.75) is 6.42 Å². The maximum Gasteiger partial charge on any atom is 0.273 e. The smallest absolute Gasteiger partial charge is 0.273 e. The first-order valence-corrected chi connectivity index (χ1v) is 8.11. The fourth-order valence-corrected chi connectivity index (χ4v) is 2.79. The highest BCUT2D eigenvalue weighted by atomic mass is 79.9. The Balaban J connectivity index is 1.71. The molecule has 0 spiro atoms. The zero-order valence-electron chi connectivity index (χ0n) is 12.4.